The van der Waals surface area contributed by atoms with Crippen LogP contribution in [0.15, 0.2) is 18.2 Å². The highest BCUT2D eigenvalue weighted by molar-refractivity contribution is 5.95. The molecule has 0 spiro atoms. The van der Waals surface area contributed by atoms with Crippen LogP contribution in [0.3, 0.4) is 0 Å². The third-order valence-electron chi connectivity index (χ3n) is 4.38. The van der Waals surface area contributed by atoms with Gasteiger partial charge in [0.25, 0.3) is 5.91 Å². The monoisotopic (exact) mass is 276 g/mol. The molecule has 1 saturated heterocycles. The quantitative estimate of drug-likeness (QED) is 0.892. The molecule has 0 unspecified atom stereocenters. The van der Waals surface area contributed by atoms with Crippen LogP contribution in [0.5, 0.6) is 11.5 Å². The lowest BCUT2D eigenvalue weighted by Gasteiger charge is -2.39. The normalized spacial score (nSPS) is 20.0. The van der Waals surface area contributed by atoms with Crippen LogP contribution in [-0.4, -0.2) is 43.3 Å². The summed E-state index contributed by atoms with van der Waals surface area (Å²) in [5.74, 6) is 1.44. The van der Waals surface area contributed by atoms with Gasteiger partial charge in [-0.15, -0.1) is 0 Å². The van der Waals surface area contributed by atoms with Crippen molar-refractivity contribution in [1.82, 2.24) is 10.2 Å². The molecule has 1 N–H and O–H groups in total. The number of likely N-dealkylation sites (tertiary alicyclic amines) is 1. The van der Waals surface area contributed by atoms with Crippen LogP contribution in [0, 0.1) is 0 Å². The van der Waals surface area contributed by atoms with E-state index < -0.39 is 0 Å². The van der Waals surface area contributed by atoms with Gasteiger partial charge in [-0.1, -0.05) is 0 Å². The number of carbonyl (C=O) groups excluding carboxylic acids is 1. The summed E-state index contributed by atoms with van der Waals surface area (Å²) < 4.78 is 10.6. The maximum atomic E-state index is 12.5. The number of amides is 1. The number of nitrogens with one attached hydrogen (secondary N) is 1. The molecule has 3 rings (SSSR count). The SMILES string of the molecule is CNC1(C)CCN(C(=O)c2ccc3c(c2)OCO3)CC1. The fourth-order valence-corrected chi connectivity index (χ4v) is 2.67. The third kappa shape index (κ3) is 2.33. The van der Waals surface area contributed by atoms with Gasteiger partial charge in [-0.05, 0) is 45.0 Å². The molecule has 1 aromatic carbocycles. The Morgan fingerprint density at radius 2 is 1.95 bits per heavy atom. The van der Waals surface area contributed by atoms with Gasteiger partial charge in [0.2, 0.25) is 6.79 Å². The first-order valence-electron chi connectivity index (χ1n) is 6.99. The highest BCUT2D eigenvalue weighted by Crippen LogP contribution is 2.33. The molecule has 108 valence electrons. The van der Waals surface area contributed by atoms with E-state index >= 15 is 0 Å². The van der Waals surface area contributed by atoms with E-state index in [1.54, 1.807) is 12.1 Å². The predicted molar refractivity (Wildman–Crippen MR) is 75.2 cm³/mol. The molecule has 0 bridgehead atoms. The third-order valence-corrected chi connectivity index (χ3v) is 4.38. The Hall–Kier alpha value is -1.75. The van der Waals surface area contributed by atoms with Crippen molar-refractivity contribution in [3.63, 3.8) is 0 Å². The summed E-state index contributed by atoms with van der Waals surface area (Å²) in [5.41, 5.74) is 0.813. The number of hydrogen-bond acceptors (Lipinski definition) is 4. The van der Waals surface area contributed by atoms with E-state index in [-0.39, 0.29) is 18.2 Å². The van der Waals surface area contributed by atoms with Crippen LogP contribution in [0.1, 0.15) is 30.1 Å². The number of hydrogen-bond donors (Lipinski definition) is 1. The lowest BCUT2D eigenvalue weighted by Crippen LogP contribution is -2.51. The zero-order valence-electron chi connectivity index (χ0n) is 11.9. The topological polar surface area (TPSA) is 50.8 Å². The molecule has 1 fully saturated rings. The van der Waals surface area contributed by atoms with Crippen molar-refractivity contribution in [2.24, 2.45) is 0 Å². The molecule has 2 aliphatic rings. The summed E-state index contributed by atoms with van der Waals surface area (Å²) in [6.07, 6.45) is 1.94. The summed E-state index contributed by atoms with van der Waals surface area (Å²) >= 11 is 0. The average Bonchev–Trinajstić information content (AvgIpc) is 2.94. The molecule has 1 aromatic rings. The van der Waals surface area contributed by atoms with Gasteiger partial charge in [0.15, 0.2) is 11.5 Å². The smallest absolute Gasteiger partial charge is 0.253 e. The molecule has 20 heavy (non-hydrogen) atoms. The average molecular weight is 276 g/mol. The molecule has 0 saturated carbocycles. The number of piperidine rings is 1. The Balaban J connectivity index is 1.71. The number of ether oxygens (including phenoxy) is 2. The number of fused-ring (bicyclic) bond motifs is 1. The van der Waals surface area contributed by atoms with Crippen LogP contribution in [-0.2, 0) is 0 Å². The van der Waals surface area contributed by atoms with Crippen LogP contribution >= 0.6 is 0 Å². The minimum Gasteiger partial charge on any atom is -0.454 e. The second kappa shape index (κ2) is 4.98. The summed E-state index contributed by atoms with van der Waals surface area (Å²) in [5, 5.41) is 3.34. The summed E-state index contributed by atoms with van der Waals surface area (Å²) in [4.78, 5) is 14.4. The number of benzene rings is 1. The van der Waals surface area contributed by atoms with Crippen LogP contribution in [0.4, 0.5) is 0 Å². The molecule has 1 amide bonds. The summed E-state index contributed by atoms with van der Waals surface area (Å²) in [6.45, 7) is 4.00. The van der Waals surface area contributed by atoms with Crippen LogP contribution < -0.4 is 14.8 Å². The number of rotatable bonds is 2. The molecule has 5 nitrogen and oxygen atoms in total. The van der Waals surface area contributed by atoms with Crippen molar-refractivity contribution < 1.29 is 14.3 Å². The lowest BCUT2D eigenvalue weighted by molar-refractivity contribution is 0.0661. The molecule has 0 radical (unpaired) electrons. The van der Waals surface area contributed by atoms with E-state index in [0.29, 0.717) is 17.1 Å². The summed E-state index contributed by atoms with van der Waals surface area (Å²) in [6, 6.07) is 5.38. The Labute approximate surface area is 118 Å². The largest absolute Gasteiger partial charge is 0.454 e. The standard InChI is InChI=1S/C15H20N2O3/c1-15(16-2)5-7-17(8-6-15)14(18)11-3-4-12-13(9-11)20-10-19-12/h3-4,9,16H,5-8,10H2,1-2H3. The van der Waals surface area contributed by atoms with Crippen LogP contribution in [0.25, 0.3) is 0 Å². The molecule has 2 heterocycles. The zero-order chi connectivity index (χ0) is 14.2. The Kier molecular flexibility index (Phi) is 3.30. The first kappa shape index (κ1) is 13.2. The fourth-order valence-electron chi connectivity index (χ4n) is 2.67. The van der Waals surface area contributed by atoms with Gasteiger partial charge in [0.05, 0.1) is 0 Å². The van der Waals surface area contributed by atoms with Crippen molar-refractivity contribution in [1.29, 1.82) is 0 Å². The van der Waals surface area contributed by atoms with E-state index in [1.807, 2.05) is 18.0 Å². The molecule has 0 atom stereocenters. The minimum atomic E-state index is 0.0708. The first-order chi connectivity index (χ1) is 9.61. The fraction of sp³-hybridized carbons (Fsp3) is 0.533. The van der Waals surface area contributed by atoms with Crippen molar-refractivity contribution in [2.75, 3.05) is 26.9 Å². The maximum absolute atomic E-state index is 12.5. The van der Waals surface area contributed by atoms with Gasteiger partial charge >= 0.3 is 0 Å². The van der Waals surface area contributed by atoms with Gasteiger partial charge < -0.3 is 19.7 Å². The van der Waals surface area contributed by atoms with E-state index in [1.165, 1.54) is 0 Å². The van der Waals surface area contributed by atoms with E-state index in [2.05, 4.69) is 12.2 Å². The minimum absolute atomic E-state index is 0.0708. The molecule has 0 aromatic heterocycles. The second-order valence-corrected chi connectivity index (χ2v) is 5.67. The molecular formula is C15H20N2O3. The predicted octanol–water partition coefficient (Wildman–Crippen LogP) is 1.63. The lowest BCUT2D eigenvalue weighted by atomic mass is 9.89. The van der Waals surface area contributed by atoms with Crippen LogP contribution in [0.2, 0.25) is 0 Å². The Bertz CT molecular complexity index is 522. The van der Waals surface area contributed by atoms with E-state index in [4.69, 9.17) is 9.47 Å². The number of nitrogens with zero attached hydrogens (tertiary/aromatic N) is 1. The molecule has 5 heteroatoms. The van der Waals surface area contributed by atoms with E-state index in [0.717, 1.165) is 25.9 Å². The van der Waals surface area contributed by atoms with Gasteiger partial charge in [0, 0.05) is 24.2 Å². The van der Waals surface area contributed by atoms with Crippen molar-refractivity contribution in [3.05, 3.63) is 23.8 Å². The highest BCUT2D eigenvalue weighted by atomic mass is 16.7. The Morgan fingerprint density at radius 3 is 2.65 bits per heavy atom. The van der Waals surface area contributed by atoms with Gasteiger partial charge in [-0.2, -0.15) is 0 Å². The zero-order valence-corrected chi connectivity index (χ0v) is 11.9. The highest BCUT2D eigenvalue weighted by Gasteiger charge is 2.31. The van der Waals surface area contributed by atoms with Gasteiger partial charge in [0.1, 0.15) is 0 Å². The van der Waals surface area contributed by atoms with Crippen molar-refractivity contribution >= 4 is 5.91 Å². The maximum Gasteiger partial charge on any atom is 0.253 e. The molecule has 2 aliphatic heterocycles. The molecular weight excluding hydrogens is 256 g/mol. The number of carbonyl (C=O) groups is 1. The van der Waals surface area contributed by atoms with E-state index in [9.17, 15) is 4.79 Å². The van der Waals surface area contributed by atoms with Gasteiger partial charge in [-0.3, -0.25) is 4.79 Å². The summed E-state index contributed by atoms with van der Waals surface area (Å²) in [7, 11) is 1.98. The van der Waals surface area contributed by atoms with Gasteiger partial charge in [-0.25, -0.2) is 0 Å². The molecule has 0 aliphatic carbocycles. The first-order valence-corrected chi connectivity index (χ1v) is 6.99. The Morgan fingerprint density at radius 1 is 1.25 bits per heavy atom. The van der Waals surface area contributed by atoms with Crippen molar-refractivity contribution in [3.8, 4) is 11.5 Å². The van der Waals surface area contributed by atoms with Crippen molar-refractivity contribution in [2.45, 2.75) is 25.3 Å². The second-order valence-electron chi connectivity index (χ2n) is 5.67.